The summed E-state index contributed by atoms with van der Waals surface area (Å²) >= 11 is 1.35. The SMILES string of the molecule is CSc1nc(NN)cc(Nc2ccc(F)cc2C#N)n1. The van der Waals surface area contributed by atoms with Crippen molar-refractivity contribution in [2.24, 2.45) is 5.84 Å². The molecule has 0 amide bonds. The second-order valence-corrected chi connectivity index (χ2v) is 4.47. The molecule has 0 aliphatic carbocycles. The Kier molecular flexibility index (Phi) is 4.34. The van der Waals surface area contributed by atoms with Gasteiger partial charge in [-0.2, -0.15) is 5.26 Å². The van der Waals surface area contributed by atoms with Crippen LogP contribution in [-0.2, 0) is 0 Å². The number of benzene rings is 1. The van der Waals surface area contributed by atoms with Crippen LogP contribution in [-0.4, -0.2) is 16.2 Å². The van der Waals surface area contributed by atoms with Gasteiger partial charge in [0, 0.05) is 6.07 Å². The molecule has 0 aliphatic heterocycles. The van der Waals surface area contributed by atoms with Crippen LogP contribution < -0.4 is 16.6 Å². The van der Waals surface area contributed by atoms with Crippen molar-refractivity contribution < 1.29 is 4.39 Å². The number of nitrogens with two attached hydrogens (primary N) is 1. The van der Waals surface area contributed by atoms with Crippen LogP contribution in [0.4, 0.5) is 21.7 Å². The molecule has 0 saturated heterocycles. The smallest absolute Gasteiger partial charge is 0.191 e. The van der Waals surface area contributed by atoms with E-state index in [0.29, 0.717) is 22.5 Å². The first-order valence-electron chi connectivity index (χ1n) is 5.52. The third-order valence-corrected chi connectivity index (χ3v) is 2.95. The molecule has 1 heterocycles. The molecule has 20 heavy (non-hydrogen) atoms. The van der Waals surface area contributed by atoms with E-state index in [1.807, 2.05) is 12.3 Å². The minimum Gasteiger partial charge on any atom is -0.339 e. The summed E-state index contributed by atoms with van der Waals surface area (Å²) in [5, 5.41) is 12.5. The maximum absolute atomic E-state index is 13.1. The van der Waals surface area contributed by atoms with Gasteiger partial charge in [0.25, 0.3) is 0 Å². The van der Waals surface area contributed by atoms with E-state index in [2.05, 4.69) is 20.7 Å². The monoisotopic (exact) mass is 290 g/mol. The average molecular weight is 290 g/mol. The van der Waals surface area contributed by atoms with Gasteiger partial charge in [-0.25, -0.2) is 20.2 Å². The Morgan fingerprint density at radius 3 is 2.70 bits per heavy atom. The van der Waals surface area contributed by atoms with E-state index in [1.54, 1.807) is 6.07 Å². The van der Waals surface area contributed by atoms with E-state index in [9.17, 15) is 4.39 Å². The van der Waals surface area contributed by atoms with Crippen LogP contribution in [0.5, 0.6) is 0 Å². The van der Waals surface area contributed by atoms with E-state index in [0.717, 1.165) is 6.07 Å². The Labute approximate surface area is 119 Å². The molecule has 0 saturated carbocycles. The van der Waals surface area contributed by atoms with Crippen LogP contribution >= 0.6 is 11.8 Å². The van der Waals surface area contributed by atoms with Gasteiger partial charge in [-0.05, 0) is 24.5 Å². The highest BCUT2D eigenvalue weighted by Crippen LogP contribution is 2.23. The second-order valence-electron chi connectivity index (χ2n) is 3.70. The largest absolute Gasteiger partial charge is 0.339 e. The van der Waals surface area contributed by atoms with Gasteiger partial charge < -0.3 is 10.7 Å². The van der Waals surface area contributed by atoms with Crippen molar-refractivity contribution in [2.75, 3.05) is 17.0 Å². The molecule has 2 aromatic rings. The molecule has 0 spiro atoms. The number of halogens is 1. The first-order valence-corrected chi connectivity index (χ1v) is 6.75. The average Bonchev–Trinajstić information content (AvgIpc) is 2.48. The minimum absolute atomic E-state index is 0.191. The fourth-order valence-electron chi connectivity index (χ4n) is 1.51. The molecule has 2 rings (SSSR count). The number of hydrogen-bond acceptors (Lipinski definition) is 7. The maximum atomic E-state index is 13.1. The lowest BCUT2D eigenvalue weighted by molar-refractivity contribution is 0.627. The van der Waals surface area contributed by atoms with E-state index >= 15 is 0 Å². The van der Waals surface area contributed by atoms with Gasteiger partial charge in [0.05, 0.1) is 11.3 Å². The van der Waals surface area contributed by atoms with Crippen molar-refractivity contribution in [3.05, 3.63) is 35.6 Å². The summed E-state index contributed by atoms with van der Waals surface area (Å²) in [5.41, 5.74) is 3.09. The number of nitriles is 1. The van der Waals surface area contributed by atoms with Crippen LogP contribution in [0, 0.1) is 17.1 Å². The lowest BCUT2D eigenvalue weighted by Gasteiger charge is -2.10. The van der Waals surface area contributed by atoms with Gasteiger partial charge in [-0.3, -0.25) is 0 Å². The first-order chi connectivity index (χ1) is 9.66. The number of nitrogens with one attached hydrogen (secondary N) is 2. The number of thioether (sulfide) groups is 1. The summed E-state index contributed by atoms with van der Waals surface area (Å²) < 4.78 is 13.1. The standard InChI is InChI=1S/C12H11FN6S/c1-20-12-17-10(5-11(18-12)19-15)16-9-3-2-8(13)4-7(9)6-14/h2-5H,15H2,1H3,(H2,16,17,18,19). The lowest BCUT2D eigenvalue weighted by atomic mass is 10.2. The molecule has 0 atom stereocenters. The van der Waals surface area contributed by atoms with Crippen molar-refractivity contribution in [3.63, 3.8) is 0 Å². The summed E-state index contributed by atoms with van der Waals surface area (Å²) in [6.07, 6.45) is 1.83. The summed E-state index contributed by atoms with van der Waals surface area (Å²) in [7, 11) is 0. The summed E-state index contributed by atoms with van der Waals surface area (Å²) in [4.78, 5) is 8.35. The minimum atomic E-state index is -0.469. The Bertz CT molecular complexity index is 647. The van der Waals surface area contributed by atoms with Crippen molar-refractivity contribution in [3.8, 4) is 6.07 Å². The Morgan fingerprint density at radius 1 is 1.30 bits per heavy atom. The highest BCUT2D eigenvalue weighted by Gasteiger charge is 2.07. The third-order valence-electron chi connectivity index (χ3n) is 2.40. The zero-order valence-corrected chi connectivity index (χ0v) is 11.3. The first kappa shape index (κ1) is 14.0. The van der Waals surface area contributed by atoms with Crippen molar-refractivity contribution in [1.82, 2.24) is 9.97 Å². The normalized spacial score (nSPS) is 9.90. The number of hydrazine groups is 1. The Balaban J connectivity index is 2.37. The van der Waals surface area contributed by atoms with E-state index in [-0.39, 0.29) is 5.56 Å². The predicted molar refractivity (Wildman–Crippen MR) is 76.0 cm³/mol. The van der Waals surface area contributed by atoms with Crippen LogP contribution in [0.25, 0.3) is 0 Å². The van der Waals surface area contributed by atoms with Crippen LogP contribution in [0.1, 0.15) is 5.56 Å². The third kappa shape index (κ3) is 3.14. The molecule has 0 unspecified atom stereocenters. The molecule has 102 valence electrons. The summed E-state index contributed by atoms with van der Waals surface area (Å²) in [5.74, 6) is 5.76. The maximum Gasteiger partial charge on any atom is 0.191 e. The lowest BCUT2D eigenvalue weighted by Crippen LogP contribution is -2.10. The van der Waals surface area contributed by atoms with Crippen molar-refractivity contribution >= 4 is 29.1 Å². The fraction of sp³-hybridized carbons (Fsp3) is 0.0833. The highest BCUT2D eigenvalue weighted by molar-refractivity contribution is 7.98. The number of anilines is 3. The molecular formula is C12H11FN6S. The number of rotatable bonds is 4. The molecule has 0 bridgehead atoms. The van der Waals surface area contributed by atoms with E-state index < -0.39 is 5.82 Å². The molecule has 0 fully saturated rings. The van der Waals surface area contributed by atoms with Crippen molar-refractivity contribution in [2.45, 2.75) is 5.16 Å². The zero-order valence-electron chi connectivity index (χ0n) is 10.5. The molecule has 6 nitrogen and oxygen atoms in total. The molecule has 0 aliphatic rings. The fourth-order valence-corrected chi connectivity index (χ4v) is 1.89. The van der Waals surface area contributed by atoms with Gasteiger partial charge in [0.1, 0.15) is 23.5 Å². The zero-order chi connectivity index (χ0) is 14.5. The van der Waals surface area contributed by atoms with Gasteiger partial charge in [0.15, 0.2) is 5.16 Å². The summed E-state index contributed by atoms with van der Waals surface area (Å²) in [6.45, 7) is 0. The van der Waals surface area contributed by atoms with Gasteiger partial charge in [-0.1, -0.05) is 11.8 Å². The van der Waals surface area contributed by atoms with E-state index in [1.165, 1.54) is 23.9 Å². The Hall–Kier alpha value is -2.37. The van der Waals surface area contributed by atoms with Gasteiger partial charge in [-0.15, -0.1) is 0 Å². The van der Waals surface area contributed by atoms with Crippen LogP contribution in [0.15, 0.2) is 29.4 Å². The molecule has 1 aromatic carbocycles. The number of nitrogen functional groups attached to an aromatic ring is 1. The van der Waals surface area contributed by atoms with Crippen LogP contribution in [0.2, 0.25) is 0 Å². The number of aromatic nitrogens is 2. The molecule has 0 radical (unpaired) electrons. The summed E-state index contributed by atoms with van der Waals surface area (Å²) in [6, 6.07) is 7.41. The molecule has 4 N–H and O–H groups in total. The van der Waals surface area contributed by atoms with Gasteiger partial charge in [0.2, 0.25) is 0 Å². The quantitative estimate of drug-likeness (QED) is 0.343. The molecular weight excluding hydrogens is 279 g/mol. The number of hydrogen-bond donors (Lipinski definition) is 3. The Morgan fingerprint density at radius 2 is 2.05 bits per heavy atom. The van der Waals surface area contributed by atoms with Crippen LogP contribution in [0.3, 0.4) is 0 Å². The highest BCUT2D eigenvalue weighted by atomic mass is 32.2. The number of nitrogens with zero attached hydrogens (tertiary/aromatic N) is 3. The second kappa shape index (κ2) is 6.18. The molecule has 1 aromatic heterocycles. The van der Waals surface area contributed by atoms with Crippen molar-refractivity contribution in [1.29, 1.82) is 5.26 Å². The topological polar surface area (TPSA) is 99.6 Å². The van der Waals surface area contributed by atoms with Gasteiger partial charge >= 0.3 is 0 Å². The molecule has 8 heteroatoms. The predicted octanol–water partition coefficient (Wildman–Crippen LogP) is 2.24. The van der Waals surface area contributed by atoms with E-state index in [4.69, 9.17) is 11.1 Å².